The van der Waals surface area contributed by atoms with E-state index >= 15 is 0 Å². The molecule has 4 aromatic carbocycles. The number of esters is 16. The summed E-state index contributed by atoms with van der Waals surface area (Å²) < 4.78 is 141. The topological polar surface area (TPSA) is 552 Å². The van der Waals surface area contributed by atoms with Crippen LogP contribution in [0.15, 0.2) is 121 Å². The molecule has 6 aliphatic heterocycles. The lowest BCUT2D eigenvalue weighted by Gasteiger charge is -2.43. The van der Waals surface area contributed by atoms with Gasteiger partial charge in [-0.05, 0) is 120 Å². The molecule has 0 saturated carbocycles. The Morgan fingerprint density at radius 3 is 0.625 bits per heavy atom. The van der Waals surface area contributed by atoms with Crippen molar-refractivity contribution in [3.8, 4) is 67.5 Å². The van der Waals surface area contributed by atoms with Crippen molar-refractivity contribution in [3.63, 3.8) is 0 Å². The van der Waals surface area contributed by atoms with Crippen LogP contribution in [0.25, 0.3) is 78.7 Å². The highest BCUT2D eigenvalue weighted by Gasteiger charge is 2.58. The number of rotatable bonds is 32. The van der Waals surface area contributed by atoms with Crippen LogP contribution >= 0.6 is 0 Å². The third-order valence-corrected chi connectivity index (χ3v) is 22.4. The van der Waals surface area contributed by atoms with Crippen LogP contribution in [0.4, 0.5) is 0 Å². The minimum atomic E-state index is -1.66. The number of carbonyl (C=O) groups excluding carboxylic acids is 16. The van der Waals surface area contributed by atoms with E-state index in [0.29, 0.717) is 89.4 Å². The van der Waals surface area contributed by atoms with Crippen LogP contribution in [0, 0.1) is 0 Å². The molecule has 0 aliphatic carbocycles. The molecule has 8 bridgehead atoms. The SMILES string of the molecule is CC(=O)OC[C@H]1O[C@@H](Oc2ccc(-c3c4nc(c(-c5ccc(O[C@@H]6O[C@H](COC(C)=O)[C@@H](OC(C)=O)[C@H](OC(C)=O)[C@H]6OC(C)=O)cc5)c5ccc([nH]5)c(-c5ccc(O[C@@H]6O[C@H](COC(C)=O)[C@@H](OC(C)=O)[C@H](OC(C)=O)[C@H]6OC(C)=O)cc5)c5nc(c(-c6ccc(O[C@@H]7O[C@H](COC(C)=O)[C@@H](OC(C)=O)[C@H](OC(C)=O)[C@H]7OC(C)=O)cc6)c6ccc3[nH]6)CC5)C=C4)cc2)[C@H](OC(C)=O)[C@@H](OC(C)=O)[C@@H]1OC(C)=O. The summed E-state index contributed by atoms with van der Waals surface area (Å²) in [5.74, 6) is -13.2. The summed E-state index contributed by atoms with van der Waals surface area (Å²) in [5, 5.41) is 0. The predicted molar refractivity (Wildman–Crippen MR) is 489 cm³/mol. The maximum atomic E-state index is 13.0. The molecule has 764 valence electrons. The van der Waals surface area contributed by atoms with E-state index in [0.717, 1.165) is 111 Å². The van der Waals surface area contributed by atoms with E-state index in [1.807, 2.05) is 12.1 Å². The largest absolute Gasteiger partial charge is 0.463 e. The fourth-order valence-electron chi connectivity index (χ4n) is 17.2. The van der Waals surface area contributed by atoms with Crippen molar-refractivity contribution in [2.24, 2.45) is 0 Å². The van der Waals surface area contributed by atoms with Crippen LogP contribution in [0.2, 0.25) is 0 Å². The molecule has 44 nitrogen and oxygen atoms in total. The first-order valence-corrected chi connectivity index (χ1v) is 45.2. The third-order valence-electron chi connectivity index (χ3n) is 22.4. The Labute approximate surface area is 820 Å². The smallest absolute Gasteiger partial charge is 0.303 e. The third kappa shape index (κ3) is 26.7. The maximum absolute atomic E-state index is 13.0. The molecule has 44 heteroatoms. The van der Waals surface area contributed by atoms with Gasteiger partial charge in [-0.15, -0.1) is 0 Å². The van der Waals surface area contributed by atoms with Crippen molar-refractivity contribution in [1.82, 2.24) is 19.9 Å². The molecule has 0 amide bonds. The Morgan fingerprint density at radius 2 is 0.424 bits per heavy atom. The zero-order valence-electron chi connectivity index (χ0n) is 80.7. The number of nitrogens with one attached hydrogen (secondary N) is 2. The molecule has 4 saturated heterocycles. The van der Waals surface area contributed by atoms with Crippen molar-refractivity contribution in [2.45, 2.75) is 246 Å². The number of nitrogens with zero attached hydrogens (tertiary/aromatic N) is 2. The van der Waals surface area contributed by atoms with Gasteiger partial charge in [0.1, 0.15) is 73.8 Å². The molecule has 4 fully saturated rings. The van der Waals surface area contributed by atoms with Crippen LogP contribution in [0.1, 0.15) is 134 Å². The van der Waals surface area contributed by atoms with Crippen molar-refractivity contribution in [3.05, 3.63) is 144 Å². The molecular formula is C100H104N4O40. The number of fused-ring (bicyclic) bond motifs is 8. The second-order valence-corrected chi connectivity index (χ2v) is 33.6. The molecule has 0 spiro atoms. The lowest BCUT2D eigenvalue weighted by Crippen LogP contribution is -2.63. The number of hydrogen-bond donors (Lipinski definition) is 2. The summed E-state index contributed by atoms with van der Waals surface area (Å²) in [5.41, 5.74) is 7.16. The quantitative estimate of drug-likeness (QED) is 0.0293. The van der Waals surface area contributed by atoms with Gasteiger partial charge in [0, 0.05) is 155 Å². The molecule has 7 aromatic rings. The first kappa shape index (κ1) is 106. The molecular weight excluding hydrogens is 1900 g/mol. The first-order valence-electron chi connectivity index (χ1n) is 45.2. The van der Waals surface area contributed by atoms with E-state index in [2.05, 4.69) is 9.97 Å². The molecule has 6 aliphatic rings. The van der Waals surface area contributed by atoms with Gasteiger partial charge < -0.3 is 124 Å². The zero-order chi connectivity index (χ0) is 104. The lowest BCUT2D eigenvalue weighted by atomic mass is 9.98. The Hall–Kier alpha value is -15.7. The Bertz CT molecular complexity index is 5880. The number of ether oxygens (including phenoxy) is 24. The number of H-pyrrole nitrogens is 2. The average molecular weight is 2000 g/mol. The molecule has 9 heterocycles. The second-order valence-electron chi connectivity index (χ2n) is 33.6. The van der Waals surface area contributed by atoms with Gasteiger partial charge in [-0.25, -0.2) is 4.98 Å². The van der Waals surface area contributed by atoms with Gasteiger partial charge in [0.2, 0.25) is 49.6 Å². The molecule has 0 radical (unpaired) electrons. The summed E-state index contributed by atoms with van der Waals surface area (Å²) >= 11 is 0. The predicted octanol–water partition coefficient (Wildman–Crippen LogP) is 8.79. The zero-order valence-corrected chi connectivity index (χ0v) is 80.7. The normalized spacial score (nSPS) is 24.1. The summed E-state index contributed by atoms with van der Waals surface area (Å²) in [6, 6.07) is 33.2. The van der Waals surface area contributed by atoms with Gasteiger partial charge in [-0.1, -0.05) is 48.5 Å². The standard InChI is InChI=1S/C100H104N4O40/c1-45(105)121-41-77-85(125-49(5)109)89(129-53(9)113)93(133-57(13)117)97(141-77)137-65-25-17-61(18-26-65)81-69-33-35-71(101-69)82(62-19-27-66(28-20-62)138-98-94(134-58(14)118)90(130-54(10)114)86(126-50(6)110)78(142-98)42-122-46(2)106)73-37-39-75(103-73)84(64-23-31-68(32-24-64)140-100-96(136-60(16)120)92(132-56(12)116)88(128-52(8)112)80(144-100)44-124-48(4)108)76-40-38-74(104-76)83(72-36-34-70(81)102-72)63-21-29-67(30-22-63)139-99-95(135-59(15)119)91(131-55(11)115)87(127-51(7)111)79(143-99)43-123-47(3)107/h17-37,39,77-80,85-100,102-103H,38,40-44H2,1-16H3/t77-,78-,79-,80-,85-,86-,87-,88-,89+,90+,91+,92+,93-,94-,95-,96-,97-,98-,99-,100-/m1/s1. The first-order chi connectivity index (χ1) is 68.5. The summed E-state index contributed by atoms with van der Waals surface area (Å²) in [6.45, 7) is 15.2. The summed E-state index contributed by atoms with van der Waals surface area (Å²) in [4.78, 5) is 222. The van der Waals surface area contributed by atoms with Crippen LogP contribution < -0.4 is 18.9 Å². The van der Waals surface area contributed by atoms with Gasteiger partial charge in [-0.2, -0.15) is 0 Å². The molecule has 13 rings (SSSR count). The fourth-order valence-corrected chi connectivity index (χ4v) is 17.2. The monoisotopic (exact) mass is 2000 g/mol. The number of carbonyl (C=O) groups is 16. The van der Waals surface area contributed by atoms with Crippen molar-refractivity contribution < 1.29 is 190 Å². The molecule has 144 heavy (non-hydrogen) atoms. The Balaban J connectivity index is 1.02. The van der Waals surface area contributed by atoms with Crippen LogP contribution in [-0.2, 0) is 184 Å². The van der Waals surface area contributed by atoms with Gasteiger partial charge in [0.15, 0.2) is 48.8 Å². The summed E-state index contributed by atoms with van der Waals surface area (Å²) in [7, 11) is 0. The van der Waals surface area contributed by atoms with Crippen LogP contribution in [0.3, 0.4) is 0 Å². The van der Waals surface area contributed by atoms with Crippen molar-refractivity contribution >= 4 is 130 Å². The van der Waals surface area contributed by atoms with Gasteiger partial charge in [0.05, 0.1) is 22.8 Å². The maximum Gasteiger partial charge on any atom is 0.303 e. The molecule has 3 aromatic heterocycles. The average Bonchev–Trinajstić information content (AvgIpc) is 1.67. The number of hydrogen-bond acceptors (Lipinski definition) is 42. The van der Waals surface area contributed by atoms with Crippen molar-refractivity contribution in [2.75, 3.05) is 26.4 Å². The number of aryl methyl sites for hydroxylation is 2. The van der Waals surface area contributed by atoms with Crippen LogP contribution in [-0.4, -0.2) is 265 Å². The van der Waals surface area contributed by atoms with E-state index in [4.69, 9.17) is 124 Å². The van der Waals surface area contributed by atoms with Gasteiger partial charge in [0.25, 0.3) is 0 Å². The lowest BCUT2D eigenvalue weighted by molar-refractivity contribution is -0.288. The van der Waals surface area contributed by atoms with E-state index < -0.39 is 245 Å². The Kier molecular flexibility index (Phi) is 34.3. The minimum Gasteiger partial charge on any atom is -0.463 e. The highest BCUT2D eigenvalue weighted by molar-refractivity contribution is 5.98. The van der Waals surface area contributed by atoms with E-state index in [-0.39, 0.29) is 35.8 Å². The number of benzene rings is 4. The highest BCUT2D eigenvalue weighted by atomic mass is 16.8. The van der Waals surface area contributed by atoms with E-state index in [1.165, 1.54) is 0 Å². The summed E-state index contributed by atoms with van der Waals surface area (Å²) in [6.07, 6.45) is -27.1. The second kappa shape index (κ2) is 46.8. The molecule has 20 atom stereocenters. The Morgan fingerprint density at radius 1 is 0.236 bits per heavy atom. The van der Waals surface area contributed by atoms with E-state index in [9.17, 15) is 76.7 Å². The minimum absolute atomic E-state index is 0.0590. The highest BCUT2D eigenvalue weighted by Crippen LogP contribution is 2.44. The van der Waals surface area contributed by atoms with Gasteiger partial charge in [-0.3, -0.25) is 81.7 Å². The van der Waals surface area contributed by atoms with Gasteiger partial charge >= 0.3 is 95.5 Å². The fraction of sp³-hybridized carbons (Fsp3) is 0.420. The molecule has 0 unspecified atom stereocenters. The molecule has 2 N–H and O–H groups in total. The van der Waals surface area contributed by atoms with Crippen molar-refractivity contribution in [1.29, 1.82) is 0 Å². The van der Waals surface area contributed by atoms with E-state index in [1.54, 1.807) is 121 Å². The number of aromatic nitrogens is 4. The number of aromatic amines is 2. The van der Waals surface area contributed by atoms with Crippen LogP contribution in [0.5, 0.6) is 23.0 Å².